The van der Waals surface area contributed by atoms with Crippen LogP contribution in [0.5, 0.6) is 0 Å². The minimum Gasteiger partial charge on any atom is -0.388 e. The summed E-state index contributed by atoms with van der Waals surface area (Å²) in [6.07, 6.45) is 10.6. The molecule has 0 aliphatic rings. The second kappa shape index (κ2) is 12.5. The summed E-state index contributed by atoms with van der Waals surface area (Å²) >= 11 is 0. The van der Waals surface area contributed by atoms with Crippen LogP contribution in [0.2, 0.25) is 0 Å². The summed E-state index contributed by atoms with van der Waals surface area (Å²) in [5.74, 6) is 0. The predicted octanol–water partition coefficient (Wildman–Crippen LogP) is 3.99. The van der Waals surface area contributed by atoms with E-state index in [1.165, 1.54) is 0 Å². The van der Waals surface area contributed by atoms with E-state index in [1.807, 2.05) is 26.1 Å². The van der Waals surface area contributed by atoms with E-state index < -0.39 is 0 Å². The van der Waals surface area contributed by atoms with Crippen molar-refractivity contribution in [1.29, 1.82) is 0 Å². The molecule has 0 heterocycles. The van der Waals surface area contributed by atoms with Crippen LogP contribution in [-0.2, 0) is 0 Å². The molecule has 84 valence electrons. The minimum atomic E-state index is 0.915. The first-order chi connectivity index (χ1) is 7.17. The van der Waals surface area contributed by atoms with Crippen LogP contribution in [0.25, 0.3) is 0 Å². The van der Waals surface area contributed by atoms with Gasteiger partial charge in [0.2, 0.25) is 0 Å². The first kappa shape index (κ1) is 15.9. The zero-order valence-corrected chi connectivity index (χ0v) is 10.2. The second-order valence-electron chi connectivity index (χ2n) is 2.80. The van der Waals surface area contributed by atoms with Crippen LogP contribution in [0.15, 0.2) is 61.4 Å². The molecule has 0 aliphatic heterocycles. The van der Waals surface area contributed by atoms with Gasteiger partial charge >= 0.3 is 0 Å². The topological polar surface area (TPSA) is 12.0 Å². The van der Waals surface area contributed by atoms with E-state index in [0.29, 0.717) is 0 Å². The number of rotatable bonds is 5. The highest BCUT2D eigenvalue weighted by Gasteiger charge is 1.91. The summed E-state index contributed by atoms with van der Waals surface area (Å²) in [6.45, 7) is 14.8. The van der Waals surface area contributed by atoms with E-state index in [-0.39, 0.29) is 0 Å². The molecule has 0 bridgehead atoms. The summed E-state index contributed by atoms with van der Waals surface area (Å²) in [5.41, 5.74) is 1.92. The van der Waals surface area contributed by atoms with Crippen molar-refractivity contribution < 1.29 is 0 Å². The van der Waals surface area contributed by atoms with Gasteiger partial charge in [-0.15, -0.1) is 6.58 Å². The molecule has 0 fully saturated rings. The Morgan fingerprint density at radius 1 is 1.33 bits per heavy atom. The Morgan fingerprint density at radius 2 is 1.87 bits per heavy atom. The molecule has 0 aromatic rings. The molecule has 0 radical (unpaired) electrons. The van der Waals surface area contributed by atoms with E-state index in [9.17, 15) is 0 Å². The van der Waals surface area contributed by atoms with Gasteiger partial charge in [-0.2, -0.15) is 0 Å². The Kier molecular flexibility index (Phi) is 13.3. The van der Waals surface area contributed by atoms with Gasteiger partial charge in [-0.1, -0.05) is 44.4 Å². The summed E-state index contributed by atoms with van der Waals surface area (Å²) in [4.78, 5) is 0. The molecule has 1 heteroatoms. The normalized spacial score (nSPS) is 10.2. The maximum atomic E-state index is 3.84. The zero-order valence-electron chi connectivity index (χ0n) is 10.2. The van der Waals surface area contributed by atoms with Crippen molar-refractivity contribution in [3.05, 3.63) is 61.4 Å². The third-order valence-electron chi connectivity index (χ3n) is 1.50. The van der Waals surface area contributed by atoms with Crippen molar-refractivity contribution in [3.63, 3.8) is 0 Å². The van der Waals surface area contributed by atoms with Crippen molar-refractivity contribution in [2.45, 2.75) is 20.3 Å². The molecular weight excluding hydrogens is 182 g/mol. The number of hydrogen-bond donors (Lipinski definition) is 1. The molecule has 0 aromatic carbocycles. The lowest BCUT2D eigenvalue weighted by Gasteiger charge is -2.03. The highest BCUT2D eigenvalue weighted by Crippen LogP contribution is 2.04. The zero-order chi connectivity index (χ0) is 12.1. The maximum absolute atomic E-state index is 3.84. The van der Waals surface area contributed by atoms with Crippen LogP contribution in [-0.4, -0.2) is 7.05 Å². The number of nitrogens with one attached hydrogen (secondary N) is 1. The van der Waals surface area contributed by atoms with Gasteiger partial charge in [0.05, 0.1) is 0 Å². The lowest BCUT2D eigenvalue weighted by Crippen LogP contribution is -2.06. The van der Waals surface area contributed by atoms with Crippen molar-refractivity contribution in [2.24, 2.45) is 0 Å². The van der Waals surface area contributed by atoms with Gasteiger partial charge in [0.15, 0.2) is 0 Å². The maximum Gasteiger partial charge on any atom is 0.0404 e. The largest absolute Gasteiger partial charge is 0.388 e. The molecular formula is C14H23N. The fourth-order valence-corrected chi connectivity index (χ4v) is 0.761. The van der Waals surface area contributed by atoms with Gasteiger partial charge in [-0.25, -0.2) is 0 Å². The van der Waals surface area contributed by atoms with E-state index in [1.54, 1.807) is 12.2 Å². The number of likely N-dealkylation sites (N-methyl/N-ethyl adjacent to an activating group) is 1. The Hall–Kier alpha value is -1.50. The summed E-state index contributed by atoms with van der Waals surface area (Å²) in [6, 6.07) is 0. The fourth-order valence-electron chi connectivity index (χ4n) is 0.761. The Labute approximate surface area is 94.6 Å². The van der Waals surface area contributed by atoms with E-state index in [4.69, 9.17) is 0 Å². The molecule has 0 rings (SSSR count). The predicted molar refractivity (Wildman–Crippen MR) is 71.8 cm³/mol. The quantitative estimate of drug-likeness (QED) is 0.528. The molecule has 0 saturated carbocycles. The Morgan fingerprint density at radius 3 is 2.20 bits per heavy atom. The number of allylic oxidation sites excluding steroid dienone is 5. The molecule has 0 saturated heterocycles. The van der Waals surface area contributed by atoms with Crippen LogP contribution in [0.3, 0.4) is 0 Å². The van der Waals surface area contributed by atoms with Gasteiger partial charge in [-0.05, 0) is 25.0 Å². The van der Waals surface area contributed by atoms with Crippen molar-refractivity contribution >= 4 is 0 Å². The fraction of sp³-hybridized carbons (Fsp3) is 0.286. The molecule has 0 aromatic heterocycles. The van der Waals surface area contributed by atoms with Crippen LogP contribution in [0.4, 0.5) is 0 Å². The molecule has 0 atom stereocenters. The van der Waals surface area contributed by atoms with Gasteiger partial charge in [0.25, 0.3) is 0 Å². The highest BCUT2D eigenvalue weighted by atomic mass is 14.8. The van der Waals surface area contributed by atoms with Crippen LogP contribution in [0, 0.1) is 0 Å². The summed E-state index contributed by atoms with van der Waals surface area (Å²) in [5, 5.41) is 3.05. The van der Waals surface area contributed by atoms with Crippen LogP contribution >= 0.6 is 0 Å². The van der Waals surface area contributed by atoms with Crippen molar-refractivity contribution in [3.8, 4) is 0 Å². The standard InChI is InChI=1S/C11H17N.C3H6/c1-5-7-8-9-11(12-4)10(3)6-2;1-3-2/h6-9,12H,2-3,5H2,1,4H3;3H,1H2,2H3/b8-7-,11-9+;. The monoisotopic (exact) mass is 205 g/mol. The van der Waals surface area contributed by atoms with E-state index >= 15 is 0 Å². The molecule has 0 unspecified atom stereocenters. The average Bonchev–Trinajstić information content (AvgIpc) is 2.25. The smallest absolute Gasteiger partial charge is 0.0404 e. The molecule has 0 aliphatic carbocycles. The second-order valence-corrected chi connectivity index (χ2v) is 2.80. The molecule has 0 amide bonds. The van der Waals surface area contributed by atoms with Crippen molar-refractivity contribution in [1.82, 2.24) is 5.32 Å². The lowest BCUT2D eigenvalue weighted by atomic mass is 10.2. The van der Waals surface area contributed by atoms with Crippen LogP contribution in [0.1, 0.15) is 20.3 Å². The van der Waals surface area contributed by atoms with Crippen LogP contribution < -0.4 is 5.32 Å². The van der Waals surface area contributed by atoms with Gasteiger partial charge in [0, 0.05) is 12.7 Å². The Bertz CT molecular complexity index is 244. The highest BCUT2D eigenvalue weighted by molar-refractivity contribution is 5.36. The molecule has 1 N–H and O–H groups in total. The van der Waals surface area contributed by atoms with Gasteiger partial charge in [0.1, 0.15) is 0 Å². The Balaban J connectivity index is 0. The first-order valence-electron chi connectivity index (χ1n) is 5.11. The molecule has 0 spiro atoms. The third-order valence-corrected chi connectivity index (χ3v) is 1.50. The first-order valence-corrected chi connectivity index (χ1v) is 5.11. The van der Waals surface area contributed by atoms with E-state index in [0.717, 1.165) is 17.7 Å². The van der Waals surface area contributed by atoms with E-state index in [2.05, 4.69) is 38.1 Å². The van der Waals surface area contributed by atoms with Crippen molar-refractivity contribution in [2.75, 3.05) is 7.05 Å². The number of hydrogen-bond acceptors (Lipinski definition) is 1. The average molecular weight is 205 g/mol. The minimum absolute atomic E-state index is 0.915. The molecule has 15 heavy (non-hydrogen) atoms. The SMILES string of the molecule is C=CC.C=CC(=C)/C(=C\C=C/CC)NC. The van der Waals surface area contributed by atoms with Gasteiger partial charge in [-0.3, -0.25) is 0 Å². The summed E-state index contributed by atoms with van der Waals surface area (Å²) < 4.78 is 0. The third kappa shape index (κ3) is 10.4. The lowest BCUT2D eigenvalue weighted by molar-refractivity contribution is 1.02. The molecule has 1 nitrogen and oxygen atoms in total. The van der Waals surface area contributed by atoms with Gasteiger partial charge < -0.3 is 5.32 Å². The summed E-state index contributed by atoms with van der Waals surface area (Å²) in [7, 11) is 1.88.